The molecule has 0 radical (unpaired) electrons. The van der Waals surface area contributed by atoms with Gasteiger partial charge in [-0.1, -0.05) is 31.5 Å². The van der Waals surface area contributed by atoms with E-state index in [9.17, 15) is 4.79 Å². The van der Waals surface area contributed by atoms with Crippen molar-refractivity contribution < 1.29 is 9.53 Å². The van der Waals surface area contributed by atoms with Gasteiger partial charge in [-0.3, -0.25) is 4.79 Å². The first kappa shape index (κ1) is 16.1. The van der Waals surface area contributed by atoms with Crippen LogP contribution in [-0.2, 0) is 19.4 Å². The van der Waals surface area contributed by atoms with Gasteiger partial charge in [0.05, 0.1) is 12.0 Å². The molecule has 3 rings (SSSR count). The van der Waals surface area contributed by atoms with Crippen LogP contribution in [-0.4, -0.2) is 13.0 Å². The fraction of sp³-hybridized carbons (Fsp3) is 0.421. The van der Waals surface area contributed by atoms with Crippen LogP contribution in [0.3, 0.4) is 0 Å². The van der Waals surface area contributed by atoms with E-state index in [4.69, 9.17) is 4.74 Å². The number of aryl methyl sites for hydroxylation is 1. The standard InChI is InChI=1S/C19H23NO2S/c1-3-13-8-9-17-15(10-13)11-18(23-17)19(21)20-12-14-6-4-5-7-16(14)22-2/h4-7,11,13H,3,8-10,12H2,1-2H3,(H,20,21). The highest BCUT2D eigenvalue weighted by Gasteiger charge is 2.22. The number of fused-ring (bicyclic) bond motifs is 1. The minimum absolute atomic E-state index is 0.0170. The molecule has 2 aromatic rings. The lowest BCUT2D eigenvalue weighted by atomic mass is 9.87. The summed E-state index contributed by atoms with van der Waals surface area (Å²) in [4.78, 5) is 14.7. The normalized spacial score (nSPS) is 16.7. The van der Waals surface area contributed by atoms with Gasteiger partial charge in [-0.25, -0.2) is 0 Å². The number of hydrogen-bond donors (Lipinski definition) is 1. The molecule has 23 heavy (non-hydrogen) atoms. The average Bonchev–Trinajstić information content (AvgIpc) is 3.03. The third kappa shape index (κ3) is 3.58. The first-order valence-corrected chi connectivity index (χ1v) is 9.04. The van der Waals surface area contributed by atoms with Crippen LogP contribution < -0.4 is 10.1 Å². The molecular weight excluding hydrogens is 306 g/mol. The number of para-hydroxylation sites is 1. The molecule has 0 saturated carbocycles. The fourth-order valence-corrected chi connectivity index (χ4v) is 4.30. The van der Waals surface area contributed by atoms with Crippen molar-refractivity contribution in [2.24, 2.45) is 5.92 Å². The second-order valence-electron chi connectivity index (χ2n) is 6.07. The molecule has 1 N–H and O–H groups in total. The maximum absolute atomic E-state index is 12.4. The molecule has 1 atom stereocenters. The summed E-state index contributed by atoms with van der Waals surface area (Å²) in [5.41, 5.74) is 2.38. The van der Waals surface area contributed by atoms with E-state index in [1.54, 1.807) is 18.4 Å². The third-order valence-corrected chi connectivity index (χ3v) is 5.85. The van der Waals surface area contributed by atoms with Crippen molar-refractivity contribution in [3.8, 4) is 5.75 Å². The zero-order valence-electron chi connectivity index (χ0n) is 13.7. The maximum Gasteiger partial charge on any atom is 0.261 e. The highest BCUT2D eigenvalue weighted by Crippen LogP contribution is 2.33. The summed E-state index contributed by atoms with van der Waals surface area (Å²) in [5.74, 6) is 1.61. The van der Waals surface area contributed by atoms with Gasteiger partial charge >= 0.3 is 0 Å². The molecule has 1 aromatic carbocycles. The van der Waals surface area contributed by atoms with E-state index in [0.717, 1.165) is 34.9 Å². The molecule has 1 aromatic heterocycles. The number of thiophene rings is 1. The molecule has 1 aliphatic rings. The second kappa shape index (κ2) is 7.18. The summed E-state index contributed by atoms with van der Waals surface area (Å²) in [5, 5.41) is 3.02. The SMILES string of the molecule is CCC1CCc2sc(C(=O)NCc3ccccc3OC)cc2C1. The van der Waals surface area contributed by atoms with Crippen LogP contribution in [0.2, 0.25) is 0 Å². The lowest BCUT2D eigenvalue weighted by Gasteiger charge is -2.19. The largest absolute Gasteiger partial charge is 0.496 e. The van der Waals surface area contributed by atoms with Crippen molar-refractivity contribution in [3.63, 3.8) is 0 Å². The number of hydrogen-bond acceptors (Lipinski definition) is 3. The van der Waals surface area contributed by atoms with Crippen LogP contribution >= 0.6 is 11.3 Å². The van der Waals surface area contributed by atoms with Gasteiger partial charge in [0.15, 0.2) is 0 Å². The summed E-state index contributed by atoms with van der Waals surface area (Å²) in [7, 11) is 1.65. The molecule has 0 aliphatic heterocycles. The molecule has 0 saturated heterocycles. The Kier molecular flexibility index (Phi) is 5.01. The Bertz CT molecular complexity index is 692. The molecule has 0 spiro atoms. The number of rotatable bonds is 5. The third-order valence-electron chi connectivity index (χ3n) is 4.62. The van der Waals surface area contributed by atoms with E-state index in [2.05, 4.69) is 18.3 Å². The van der Waals surface area contributed by atoms with Crippen molar-refractivity contribution in [1.29, 1.82) is 0 Å². The van der Waals surface area contributed by atoms with Gasteiger partial charge in [0.2, 0.25) is 0 Å². The highest BCUT2D eigenvalue weighted by atomic mass is 32.1. The number of amides is 1. The summed E-state index contributed by atoms with van der Waals surface area (Å²) in [6, 6.07) is 9.88. The Morgan fingerprint density at radius 3 is 3.00 bits per heavy atom. The number of benzene rings is 1. The summed E-state index contributed by atoms with van der Waals surface area (Å²) < 4.78 is 5.33. The van der Waals surface area contributed by atoms with E-state index in [-0.39, 0.29) is 5.91 Å². The molecule has 1 aliphatic carbocycles. The van der Waals surface area contributed by atoms with Crippen LogP contribution in [0.15, 0.2) is 30.3 Å². The van der Waals surface area contributed by atoms with E-state index < -0.39 is 0 Å². The molecule has 1 heterocycles. The fourth-order valence-electron chi connectivity index (χ4n) is 3.17. The van der Waals surface area contributed by atoms with Crippen LogP contribution in [0.1, 0.15) is 45.4 Å². The second-order valence-corrected chi connectivity index (χ2v) is 7.21. The quantitative estimate of drug-likeness (QED) is 0.893. The van der Waals surface area contributed by atoms with Crippen molar-refractivity contribution in [2.45, 2.75) is 39.2 Å². The summed E-state index contributed by atoms with van der Waals surface area (Å²) in [6.45, 7) is 2.74. The first-order valence-electron chi connectivity index (χ1n) is 8.23. The Balaban J connectivity index is 1.66. The Morgan fingerprint density at radius 1 is 1.39 bits per heavy atom. The van der Waals surface area contributed by atoms with Gasteiger partial charge in [-0.05, 0) is 42.9 Å². The van der Waals surface area contributed by atoms with Gasteiger partial charge in [0.25, 0.3) is 5.91 Å². The number of carbonyl (C=O) groups excluding carboxylic acids is 1. The van der Waals surface area contributed by atoms with Gasteiger partial charge in [-0.2, -0.15) is 0 Å². The van der Waals surface area contributed by atoms with Gasteiger partial charge in [0.1, 0.15) is 5.75 Å². The van der Waals surface area contributed by atoms with Crippen molar-refractivity contribution in [3.05, 3.63) is 51.2 Å². The van der Waals surface area contributed by atoms with Gasteiger partial charge in [-0.15, -0.1) is 11.3 Å². The first-order chi connectivity index (χ1) is 11.2. The maximum atomic E-state index is 12.4. The highest BCUT2D eigenvalue weighted by molar-refractivity contribution is 7.14. The predicted octanol–water partition coefficient (Wildman–Crippen LogP) is 4.20. The summed E-state index contributed by atoms with van der Waals surface area (Å²) in [6.07, 6.45) is 4.73. The van der Waals surface area contributed by atoms with Crippen molar-refractivity contribution in [1.82, 2.24) is 5.32 Å². The Labute approximate surface area is 141 Å². The zero-order valence-corrected chi connectivity index (χ0v) is 14.5. The minimum atomic E-state index is 0.0170. The van der Waals surface area contributed by atoms with Crippen molar-refractivity contribution in [2.75, 3.05) is 7.11 Å². The van der Waals surface area contributed by atoms with Gasteiger partial charge in [0, 0.05) is 17.0 Å². The lowest BCUT2D eigenvalue weighted by molar-refractivity contribution is 0.0954. The number of nitrogens with one attached hydrogen (secondary N) is 1. The van der Waals surface area contributed by atoms with Crippen LogP contribution in [0.25, 0.3) is 0 Å². The molecule has 3 nitrogen and oxygen atoms in total. The molecule has 1 unspecified atom stereocenters. The van der Waals surface area contributed by atoms with E-state index in [0.29, 0.717) is 6.54 Å². The molecule has 1 amide bonds. The zero-order chi connectivity index (χ0) is 16.2. The van der Waals surface area contributed by atoms with Crippen LogP contribution in [0, 0.1) is 5.92 Å². The summed E-state index contributed by atoms with van der Waals surface area (Å²) >= 11 is 1.66. The van der Waals surface area contributed by atoms with Gasteiger partial charge < -0.3 is 10.1 Å². The lowest BCUT2D eigenvalue weighted by Crippen LogP contribution is -2.22. The molecule has 4 heteroatoms. The molecule has 0 bridgehead atoms. The van der Waals surface area contributed by atoms with Crippen LogP contribution in [0.5, 0.6) is 5.75 Å². The number of ether oxygens (including phenoxy) is 1. The smallest absolute Gasteiger partial charge is 0.261 e. The van der Waals surface area contributed by atoms with E-state index in [1.165, 1.54) is 23.3 Å². The number of carbonyl (C=O) groups is 1. The Morgan fingerprint density at radius 2 is 2.22 bits per heavy atom. The predicted molar refractivity (Wildman–Crippen MR) is 94.3 cm³/mol. The minimum Gasteiger partial charge on any atom is -0.496 e. The number of methoxy groups -OCH3 is 1. The average molecular weight is 329 g/mol. The monoisotopic (exact) mass is 329 g/mol. The van der Waals surface area contributed by atoms with Crippen LogP contribution in [0.4, 0.5) is 0 Å². The molecular formula is C19H23NO2S. The topological polar surface area (TPSA) is 38.3 Å². The molecule has 0 fully saturated rings. The molecule has 122 valence electrons. The van der Waals surface area contributed by atoms with E-state index in [1.807, 2.05) is 24.3 Å². The van der Waals surface area contributed by atoms with Crippen molar-refractivity contribution >= 4 is 17.2 Å². The Hall–Kier alpha value is -1.81. The van der Waals surface area contributed by atoms with E-state index >= 15 is 0 Å².